The number of nitrogens with zero attached hydrogens (tertiary/aromatic N) is 1. The van der Waals surface area contributed by atoms with Crippen LogP contribution in [0.2, 0.25) is 0 Å². The molecule has 0 atom stereocenters. The van der Waals surface area contributed by atoms with Gasteiger partial charge in [0.25, 0.3) is 0 Å². The number of rotatable bonds is 9. The Morgan fingerprint density at radius 3 is 2.15 bits per heavy atom. The number of ether oxygens (including phenoxy) is 2. The molecule has 1 heterocycles. The number of hydrogen-bond acceptors (Lipinski definition) is 4. The summed E-state index contributed by atoms with van der Waals surface area (Å²) in [6, 6.07) is 24.9. The third kappa shape index (κ3) is 5.23. The van der Waals surface area contributed by atoms with Gasteiger partial charge in [0, 0.05) is 29.1 Å². The molecular formula is C30H32N2O2. The Morgan fingerprint density at radius 2 is 1.44 bits per heavy atom. The summed E-state index contributed by atoms with van der Waals surface area (Å²) in [7, 11) is 0. The van der Waals surface area contributed by atoms with Gasteiger partial charge in [-0.15, -0.1) is 0 Å². The van der Waals surface area contributed by atoms with Crippen LogP contribution < -0.4 is 15.2 Å². The Morgan fingerprint density at radius 1 is 0.706 bits per heavy atom. The van der Waals surface area contributed by atoms with Gasteiger partial charge in [-0.05, 0) is 72.9 Å². The summed E-state index contributed by atoms with van der Waals surface area (Å²) in [6.45, 7) is 7.31. The van der Waals surface area contributed by atoms with Gasteiger partial charge in [-0.25, -0.2) is 0 Å². The van der Waals surface area contributed by atoms with E-state index in [1.807, 2.05) is 50.4 Å². The molecular weight excluding hydrogens is 420 g/mol. The summed E-state index contributed by atoms with van der Waals surface area (Å²) in [4.78, 5) is 4.61. The third-order valence-corrected chi connectivity index (χ3v) is 5.79. The SMILES string of the molecule is CCCc1ccc(-c2ccc(-c3ccnc(-c4ccc(OCC)cc4OCC)c3)c(N)c2)cc1. The van der Waals surface area contributed by atoms with E-state index >= 15 is 0 Å². The topological polar surface area (TPSA) is 57.4 Å². The molecule has 0 saturated carbocycles. The van der Waals surface area contributed by atoms with Gasteiger partial charge in [0.15, 0.2) is 0 Å². The minimum absolute atomic E-state index is 0.566. The number of anilines is 1. The van der Waals surface area contributed by atoms with Gasteiger partial charge in [0.2, 0.25) is 0 Å². The number of nitrogen functional groups attached to an aromatic ring is 1. The lowest BCUT2D eigenvalue weighted by molar-refractivity contribution is 0.324. The predicted molar refractivity (Wildman–Crippen MR) is 141 cm³/mol. The molecule has 4 rings (SSSR count). The fourth-order valence-electron chi connectivity index (χ4n) is 4.15. The molecule has 0 radical (unpaired) electrons. The fraction of sp³-hybridized carbons (Fsp3) is 0.233. The van der Waals surface area contributed by atoms with E-state index in [0.717, 1.165) is 58.0 Å². The number of aryl methyl sites for hydroxylation is 1. The molecule has 1 aromatic heterocycles. The van der Waals surface area contributed by atoms with Crippen molar-refractivity contribution in [3.8, 4) is 45.0 Å². The molecule has 0 unspecified atom stereocenters. The third-order valence-electron chi connectivity index (χ3n) is 5.79. The van der Waals surface area contributed by atoms with Gasteiger partial charge >= 0.3 is 0 Å². The number of aromatic nitrogens is 1. The first-order chi connectivity index (χ1) is 16.6. The number of benzene rings is 3. The van der Waals surface area contributed by atoms with Gasteiger partial charge in [-0.3, -0.25) is 4.98 Å². The second kappa shape index (κ2) is 10.9. The second-order valence-corrected chi connectivity index (χ2v) is 8.20. The monoisotopic (exact) mass is 452 g/mol. The van der Waals surface area contributed by atoms with Gasteiger partial charge in [0.1, 0.15) is 11.5 Å². The molecule has 0 spiro atoms. The molecule has 0 aliphatic carbocycles. The van der Waals surface area contributed by atoms with Crippen LogP contribution in [-0.2, 0) is 6.42 Å². The quantitative estimate of drug-likeness (QED) is 0.269. The summed E-state index contributed by atoms with van der Waals surface area (Å²) in [5, 5.41) is 0. The van der Waals surface area contributed by atoms with Crippen LogP contribution in [0.1, 0.15) is 32.8 Å². The highest BCUT2D eigenvalue weighted by molar-refractivity contribution is 5.83. The second-order valence-electron chi connectivity index (χ2n) is 8.20. The van der Waals surface area contributed by atoms with Crippen LogP contribution in [0.5, 0.6) is 11.5 Å². The van der Waals surface area contributed by atoms with E-state index in [4.69, 9.17) is 15.2 Å². The summed E-state index contributed by atoms with van der Waals surface area (Å²) in [5.41, 5.74) is 14.7. The summed E-state index contributed by atoms with van der Waals surface area (Å²) < 4.78 is 11.5. The zero-order valence-corrected chi connectivity index (χ0v) is 20.2. The lowest BCUT2D eigenvalue weighted by Crippen LogP contribution is -1.98. The van der Waals surface area contributed by atoms with E-state index in [-0.39, 0.29) is 0 Å². The van der Waals surface area contributed by atoms with E-state index < -0.39 is 0 Å². The molecule has 3 aromatic carbocycles. The van der Waals surface area contributed by atoms with Gasteiger partial charge < -0.3 is 15.2 Å². The highest BCUT2D eigenvalue weighted by Crippen LogP contribution is 2.36. The predicted octanol–water partition coefficient (Wildman–Crippen LogP) is 7.41. The molecule has 4 nitrogen and oxygen atoms in total. The summed E-state index contributed by atoms with van der Waals surface area (Å²) in [5.74, 6) is 1.54. The van der Waals surface area contributed by atoms with Crippen molar-refractivity contribution in [3.63, 3.8) is 0 Å². The molecule has 0 fully saturated rings. The van der Waals surface area contributed by atoms with Gasteiger partial charge in [0.05, 0.1) is 18.9 Å². The van der Waals surface area contributed by atoms with Crippen LogP contribution in [0.15, 0.2) is 79.0 Å². The minimum Gasteiger partial charge on any atom is -0.494 e. The maximum absolute atomic E-state index is 6.53. The molecule has 174 valence electrons. The van der Waals surface area contributed by atoms with E-state index in [1.165, 1.54) is 11.1 Å². The fourth-order valence-corrected chi connectivity index (χ4v) is 4.15. The van der Waals surface area contributed by atoms with E-state index in [2.05, 4.69) is 54.4 Å². The molecule has 0 aliphatic heterocycles. The van der Waals surface area contributed by atoms with Crippen LogP contribution in [0.4, 0.5) is 5.69 Å². The molecule has 0 bridgehead atoms. The maximum atomic E-state index is 6.53. The number of hydrogen-bond donors (Lipinski definition) is 1. The van der Waals surface area contributed by atoms with Crippen molar-refractivity contribution in [1.29, 1.82) is 0 Å². The van der Waals surface area contributed by atoms with E-state index in [9.17, 15) is 0 Å². The Labute approximate surface area is 202 Å². The zero-order chi connectivity index (χ0) is 23.9. The zero-order valence-electron chi connectivity index (χ0n) is 20.2. The highest BCUT2D eigenvalue weighted by Gasteiger charge is 2.12. The van der Waals surface area contributed by atoms with Crippen LogP contribution in [-0.4, -0.2) is 18.2 Å². The molecule has 4 aromatic rings. The maximum Gasteiger partial charge on any atom is 0.132 e. The Balaban J connectivity index is 1.65. The van der Waals surface area contributed by atoms with Crippen molar-refractivity contribution >= 4 is 5.69 Å². The van der Waals surface area contributed by atoms with Crippen LogP contribution in [0.3, 0.4) is 0 Å². The summed E-state index contributed by atoms with van der Waals surface area (Å²) in [6.07, 6.45) is 4.07. The number of nitrogens with two attached hydrogens (primary N) is 1. The first-order valence-corrected chi connectivity index (χ1v) is 12.0. The van der Waals surface area contributed by atoms with Crippen molar-refractivity contribution < 1.29 is 9.47 Å². The van der Waals surface area contributed by atoms with Crippen molar-refractivity contribution in [1.82, 2.24) is 4.98 Å². The largest absolute Gasteiger partial charge is 0.494 e. The summed E-state index contributed by atoms with van der Waals surface area (Å²) >= 11 is 0. The minimum atomic E-state index is 0.566. The van der Waals surface area contributed by atoms with Crippen LogP contribution in [0, 0.1) is 0 Å². The van der Waals surface area contributed by atoms with Gasteiger partial charge in [-0.2, -0.15) is 0 Å². The van der Waals surface area contributed by atoms with Crippen molar-refractivity contribution in [2.24, 2.45) is 0 Å². The molecule has 2 N–H and O–H groups in total. The Kier molecular flexibility index (Phi) is 7.48. The molecule has 0 amide bonds. The lowest BCUT2D eigenvalue weighted by atomic mass is 9.97. The first kappa shape index (κ1) is 23.4. The molecule has 4 heteroatoms. The van der Waals surface area contributed by atoms with E-state index in [1.54, 1.807) is 0 Å². The standard InChI is InChI=1S/C30H32N2O2/c1-4-7-21-8-10-22(11-9-21)23-12-14-26(28(31)18-23)24-16-17-32-29(19-24)27-15-13-25(33-5-2)20-30(27)34-6-3/h8-20H,4-7,31H2,1-3H3. The molecule has 0 aliphatic rings. The Hall–Kier alpha value is -3.79. The number of pyridine rings is 1. The Bertz CT molecular complexity index is 1250. The van der Waals surface area contributed by atoms with Gasteiger partial charge in [-0.1, -0.05) is 49.7 Å². The molecule has 0 saturated heterocycles. The van der Waals surface area contributed by atoms with Crippen molar-refractivity contribution in [2.45, 2.75) is 33.6 Å². The van der Waals surface area contributed by atoms with Crippen molar-refractivity contribution in [3.05, 3.63) is 84.6 Å². The van der Waals surface area contributed by atoms with Crippen molar-refractivity contribution in [2.75, 3.05) is 18.9 Å². The average molecular weight is 453 g/mol. The first-order valence-electron chi connectivity index (χ1n) is 12.0. The smallest absolute Gasteiger partial charge is 0.132 e. The van der Waals surface area contributed by atoms with Crippen LogP contribution >= 0.6 is 0 Å². The lowest BCUT2D eigenvalue weighted by Gasteiger charge is -2.14. The normalized spacial score (nSPS) is 10.8. The highest BCUT2D eigenvalue weighted by atomic mass is 16.5. The van der Waals surface area contributed by atoms with Crippen LogP contribution in [0.25, 0.3) is 33.5 Å². The van der Waals surface area contributed by atoms with E-state index in [0.29, 0.717) is 13.2 Å². The average Bonchev–Trinajstić information content (AvgIpc) is 2.85. The molecule has 34 heavy (non-hydrogen) atoms.